The van der Waals surface area contributed by atoms with Crippen molar-refractivity contribution in [3.05, 3.63) is 60.3 Å². The lowest BCUT2D eigenvalue weighted by atomic mass is 10.1. The van der Waals surface area contributed by atoms with Gasteiger partial charge < -0.3 is 10.6 Å². The van der Waals surface area contributed by atoms with Crippen LogP contribution in [0.3, 0.4) is 0 Å². The lowest BCUT2D eigenvalue weighted by Crippen LogP contribution is -2.08. The molecule has 0 bridgehead atoms. The fraction of sp³-hybridized carbons (Fsp3) is 0.118. The maximum atomic E-state index is 5.77. The summed E-state index contributed by atoms with van der Waals surface area (Å²) in [5.74, 6) is 0. The van der Waals surface area contributed by atoms with E-state index in [0.29, 0.717) is 0 Å². The van der Waals surface area contributed by atoms with Gasteiger partial charge in [-0.15, -0.1) is 0 Å². The van der Waals surface area contributed by atoms with E-state index in [2.05, 4.69) is 35.0 Å². The summed E-state index contributed by atoms with van der Waals surface area (Å²) in [5.41, 5.74) is 11.0. The van der Waals surface area contributed by atoms with Crippen molar-refractivity contribution in [1.29, 1.82) is 0 Å². The van der Waals surface area contributed by atoms with Crippen molar-refractivity contribution in [2.75, 3.05) is 10.6 Å². The number of aryl methyl sites for hydroxylation is 1. The van der Waals surface area contributed by atoms with Gasteiger partial charge in [-0.05, 0) is 48.4 Å². The van der Waals surface area contributed by atoms with Gasteiger partial charge in [0.25, 0.3) is 0 Å². The summed E-state index contributed by atoms with van der Waals surface area (Å²) in [5, 5.41) is 0. The van der Waals surface area contributed by atoms with Crippen molar-refractivity contribution in [3.8, 4) is 0 Å². The summed E-state index contributed by atoms with van der Waals surface area (Å²) in [4.78, 5) is 6.71. The number of hydrogen-bond acceptors (Lipinski definition) is 3. The van der Waals surface area contributed by atoms with E-state index in [1.165, 1.54) is 5.56 Å². The van der Waals surface area contributed by atoms with Crippen LogP contribution in [-0.4, -0.2) is 6.21 Å². The van der Waals surface area contributed by atoms with Crippen LogP contribution in [0.4, 0.5) is 22.7 Å². The Kier molecular flexibility index (Phi) is 3.25. The number of allylic oxidation sites excluding steroid dienone is 1. The smallest absolute Gasteiger partial charge is 0.0901 e. The zero-order chi connectivity index (χ0) is 13.9. The lowest BCUT2D eigenvalue weighted by molar-refractivity contribution is 1.13. The van der Waals surface area contributed by atoms with Crippen LogP contribution >= 0.6 is 0 Å². The van der Waals surface area contributed by atoms with Crippen LogP contribution in [0.2, 0.25) is 0 Å². The van der Waals surface area contributed by atoms with E-state index in [-0.39, 0.29) is 0 Å². The first-order chi connectivity index (χ1) is 9.79. The predicted molar refractivity (Wildman–Crippen MR) is 86.1 cm³/mol. The van der Waals surface area contributed by atoms with Gasteiger partial charge in [0.2, 0.25) is 0 Å². The van der Waals surface area contributed by atoms with Gasteiger partial charge in [0.05, 0.1) is 11.4 Å². The molecule has 1 heterocycles. The molecule has 0 saturated heterocycles. The molecule has 1 aliphatic heterocycles. The van der Waals surface area contributed by atoms with Gasteiger partial charge in [0.1, 0.15) is 0 Å². The van der Waals surface area contributed by atoms with Gasteiger partial charge in [-0.3, -0.25) is 4.99 Å². The van der Waals surface area contributed by atoms with Crippen LogP contribution in [-0.2, 0) is 6.42 Å². The molecule has 0 radical (unpaired) electrons. The number of aliphatic imine (C=N–C) groups is 1. The summed E-state index contributed by atoms with van der Waals surface area (Å²) in [6.45, 7) is 2.15. The Labute approximate surface area is 119 Å². The van der Waals surface area contributed by atoms with Crippen LogP contribution in [0.25, 0.3) is 0 Å². The van der Waals surface area contributed by atoms with Crippen LogP contribution in [0.1, 0.15) is 12.5 Å². The number of hydrogen-bond donors (Lipinski definition) is 1. The SMILES string of the molecule is CCc1cccc2c1N=CC=CN2c1ccc(N)cc1. The first kappa shape index (κ1) is 12.5. The molecule has 3 nitrogen and oxygen atoms in total. The minimum absolute atomic E-state index is 0.770. The van der Waals surface area contributed by atoms with Crippen molar-refractivity contribution < 1.29 is 0 Å². The number of benzene rings is 2. The van der Waals surface area contributed by atoms with E-state index < -0.39 is 0 Å². The van der Waals surface area contributed by atoms with Gasteiger partial charge >= 0.3 is 0 Å². The van der Waals surface area contributed by atoms with Crippen molar-refractivity contribution >= 4 is 29.0 Å². The number of para-hydroxylation sites is 1. The van der Waals surface area contributed by atoms with Crippen LogP contribution < -0.4 is 10.6 Å². The molecular weight excluding hydrogens is 246 g/mol. The largest absolute Gasteiger partial charge is 0.399 e. The maximum Gasteiger partial charge on any atom is 0.0901 e. The highest BCUT2D eigenvalue weighted by Gasteiger charge is 2.14. The van der Waals surface area contributed by atoms with Crippen LogP contribution in [0.5, 0.6) is 0 Å². The maximum absolute atomic E-state index is 5.77. The van der Waals surface area contributed by atoms with E-state index >= 15 is 0 Å². The number of anilines is 3. The molecule has 3 rings (SSSR count). The predicted octanol–water partition coefficient (Wildman–Crippen LogP) is 4.20. The van der Waals surface area contributed by atoms with Gasteiger partial charge in [-0.2, -0.15) is 0 Å². The Morgan fingerprint density at radius 3 is 2.65 bits per heavy atom. The molecule has 2 aromatic rings. The molecule has 2 aromatic carbocycles. The molecule has 0 saturated carbocycles. The first-order valence-corrected chi connectivity index (χ1v) is 6.77. The topological polar surface area (TPSA) is 41.6 Å². The van der Waals surface area contributed by atoms with E-state index in [9.17, 15) is 0 Å². The second kappa shape index (κ2) is 5.21. The second-order valence-corrected chi connectivity index (χ2v) is 4.72. The average molecular weight is 263 g/mol. The number of nitrogens with zero attached hydrogens (tertiary/aromatic N) is 2. The standard InChI is InChI=1S/C17H17N3/c1-2-13-5-3-6-16-17(13)19-11-4-12-20(16)15-9-7-14(18)8-10-15/h3-12H,2,18H2,1H3. The molecule has 0 aliphatic carbocycles. The Bertz CT molecular complexity index is 669. The molecule has 0 amide bonds. The summed E-state index contributed by atoms with van der Waals surface area (Å²) in [6.07, 6.45) is 6.79. The molecule has 20 heavy (non-hydrogen) atoms. The minimum Gasteiger partial charge on any atom is -0.399 e. The van der Waals surface area contributed by atoms with Gasteiger partial charge in [-0.25, -0.2) is 0 Å². The van der Waals surface area contributed by atoms with Crippen molar-refractivity contribution in [3.63, 3.8) is 0 Å². The highest BCUT2D eigenvalue weighted by atomic mass is 15.1. The number of rotatable bonds is 2. The molecule has 0 aromatic heterocycles. The molecule has 0 spiro atoms. The Morgan fingerprint density at radius 2 is 1.90 bits per heavy atom. The lowest BCUT2D eigenvalue weighted by Gasteiger charge is -2.22. The van der Waals surface area contributed by atoms with Gasteiger partial charge in [0.15, 0.2) is 0 Å². The van der Waals surface area contributed by atoms with Crippen molar-refractivity contribution in [2.45, 2.75) is 13.3 Å². The Hall–Kier alpha value is -2.55. The summed E-state index contributed by atoms with van der Waals surface area (Å²) in [7, 11) is 0. The fourth-order valence-corrected chi connectivity index (χ4v) is 2.39. The fourth-order valence-electron chi connectivity index (χ4n) is 2.39. The summed E-state index contributed by atoms with van der Waals surface area (Å²) >= 11 is 0. The quantitative estimate of drug-likeness (QED) is 0.825. The monoisotopic (exact) mass is 263 g/mol. The summed E-state index contributed by atoms with van der Waals surface area (Å²) in [6, 6.07) is 14.2. The molecule has 0 unspecified atom stereocenters. The van der Waals surface area contributed by atoms with Crippen LogP contribution in [0, 0.1) is 0 Å². The molecule has 0 atom stereocenters. The third-order valence-electron chi connectivity index (χ3n) is 3.43. The molecular formula is C17H17N3. The molecule has 100 valence electrons. The van der Waals surface area contributed by atoms with E-state index in [4.69, 9.17) is 5.73 Å². The average Bonchev–Trinajstić information content (AvgIpc) is 2.70. The first-order valence-electron chi connectivity index (χ1n) is 6.77. The highest BCUT2D eigenvalue weighted by Crippen LogP contribution is 2.38. The normalized spacial score (nSPS) is 13.2. The number of fused-ring (bicyclic) bond motifs is 1. The van der Waals surface area contributed by atoms with E-state index in [1.54, 1.807) is 0 Å². The van der Waals surface area contributed by atoms with Gasteiger partial charge in [0, 0.05) is 23.8 Å². The van der Waals surface area contributed by atoms with Gasteiger partial charge in [-0.1, -0.05) is 19.1 Å². The molecule has 1 aliphatic rings. The van der Waals surface area contributed by atoms with Crippen molar-refractivity contribution in [2.24, 2.45) is 4.99 Å². The Balaban J connectivity index is 2.13. The summed E-state index contributed by atoms with van der Waals surface area (Å²) < 4.78 is 0. The third kappa shape index (κ3) is 2.18. The number of nitrogens with two attached hydrogens (primary N) is 1. The molecule has 0 fully saturated rings. The zero-order valence-electron chi connectivity index (χ0n) is 11.5. The van der Waals surface area contributed by atoms with Crippen molar-refractivity contribution in [1.82, 2.24) is 0 Å². The molecule has 2 N–H and O–H groups in total. The van der Waals surface area contributed by atoms with E-state index in [1.807, 2.05) is 42.8 Å². The van der Waals surface area contributed by atoms with Crippen LogP contribution in [0.15, 0.2) is 59.7 Å². The highest BCUT2D eigenvalue weighted by molar-refractivity contribution is 5.87. The Morgan fingerprint density at radius 1 is 1.10 bits per heavy atom. The zero-order valence-corrected chi connectivity index (χ0v) is 11.5. The number of nitrogen functional groups attached to an aromatic ring is 1. The van der Waals surface area contributed by atoms with E-state index in [0.717, 1.165) is 29.2 Å². The minimum atomic E-state index is 0.770. The third-order valence-corrected chi connectivity index (χ3v) is 3.43. The molecule has 3 heteroatoms. The second-order valence-electron chi connectivity index (χ2n) is 4.72.